The fourth-order valence-electron chi connectivity index (χ4n) is 2.45. The summed E-state index contributed by atoms with van der Waals surface area (Å²) in [7, 11) is 1.95. The van der Waals surface area contributed by atoms with Crippen LogP contribution in [0.5, 0.6) is 0 Å². The first-order chi connectivity index (χ1) is 9.13. The van der Waals surface area contributed by atoms with Crippen LogP contribution in [-0.4, -0.2) is 46.6 Å². The van der Waals surface area contributed by atoms with Gasteiger partial charge in [0.05, 0.1) is 29.1 Å². The Bertz CT molecular complexity index is 418. The summed E-state index contributed by atoms with van der Waals surface area (Å²) in [6.45, 7) is 5.85. The Balaban J connectivity index is 2.11. The van der Waals surface area contributed by atoms with E-state index in [1.54, 1.807) is 0 Å². The number of aromatic nitrogens is 2. The van der Waals surface area contributed by atoms with E-state index >= 15 is 0 Å². The van der Waals surface area contributed by atoms with Gasteiger partial charge in [0.25, 0.3) is 0 Å². The molecule has 0 bridgehead atoms. The molecule has 0 aromatic carbocycles. The second kappa shape index (κ2) is 6.97. The molecule has 0 saturated carbocycles. The molecule has 2 heterocycles. The maximum Gasteiger partial charge on any atom is 0.0847 e. The molecular weight excluding hydrogens is 282 g/mol. The van der Waals surface area contributed by atoms with E-state index in [2.05, 4.69) is 17.3 Å². The Labute approximate surface area is 124 Å². The summed E-state index contributed by atoms with van der Waals surface area (Å²) in [6.07, 6.45) is 1.11. The quantitative estimate of drug-likeness (QED) is 0.903. The van der Waals surface area contributed by atoms with Gasteiger partial charge in [0.15, 0.2) is 0 Å². The number of halogens is 1. The molecule has 1 aromatic rings. The first-order valence-electron chi connectivity index (χ1n) is 6.74. The van der Waals surface area contributed by atoms with Gasteiger partial charge in [0.2, 0.25) is 0 Å². The van der Waals surface area contributed by atoms with Crippen LogP contribution in [0.2, 0.25) is 5.02 Å². The zero-order chi connectivity index (χ0) is 13.8. The molecule has 1 N–H and O–H groups in total. The third kappa shape index (κ3) is 3.66. The number of nitrogens with one attached hydrogen (secondary N) is 1. The Morgan fingerprint density at radius 1 is 1.63 bits per heavy atom. The molecular formula is C13H22ClN3OS. The van der Waals surface area contributed by atoms with Crippen molar-refractivity contribution in [3.8, 4) is 0 Å². The number of likely N-dealkylation sites (N-methyl/N-ethyl adjacent to an activating group) is 1. The molecule has 1 aliphatic rings. The van der Waals surface area contributed by atoms with Crippen molar-refractivity contribution in [2.45, 2.75) is 32.4 Å². The molecule has 19 heavy (non-hydrogen) atoms. The van der Waals surface area contributed by atoms with Gasteiger partial charge in [-0.15, -0.1) is 0 Å². The average molecular weight is 304 g/mol. The molecule has 1 aliphatic heterocycles. The van der Waals surface area contributed by atoms with Gasteiger partial charge in [-0.3, -0.25) is 4.68 Å². The van der Waals surface area contributed by atoms with Gasteiger partial charge >= 0.3 is 0 Å². The van der Waals surface area contributed by atoms with Crippen molar-refractivity contribution in [2.24, 2.45) is 7.05 Å². The monoisotopic (exact) mass is 303 g/mol. The van der Waals surface area contributed by atoms with Crippen molar-refractivity contribution in [1.29, 1.82) is 0 Å². The minimum atomic E-state index is 0.255. The summed E-state index contributed by atoms with van der Waals surface area (Å²) >= 11 is 8.30. The summed E-state index contributed by atoms with van der Waals surface area (Å²) in [5.41, 5.74) is 1.98. The lowest BCUT2D eigenvalue weighted by Crippen LogP contribution is -2.46. The van der Waals surface area contributed by atoms with Crippen molar-refractivity contribution >= 4 is 23.4 Å². The normalized spacial score (nSPS) is 21.6. The van der Waals surface area contributed by atoms with Crippen molar-refractivity contribution in [2.75, 3.05) is 24.7 Å². The van der Waals surface area contributed by atoms with E-state index in [0.29, 0.717) is 6.04 Å². The van der Waals surface area contributed by atoms with E-state index in [0.717, 1.165) is 47.5 Å². The zero-order valence-electron chi connectivity index (χ0n) is 11.8. The highest BCUT2D eigenvalue weighted by Crippen LogP contribution is 2.24. The van der Waals surface area contributed by atoms with Gasteiger partial charge < -0.3 is 10.1 Å². The summed E-state index contributed by atoms with van der Waals surface area (Å²) in [5, 5.41) is 8.69. The molecule has 0 aliphatic carbocycles. The molecule has 0 spiro atoms. The zero-order valence-corrected chi connectivity index (χ0v) is 13.4. The highest BCUT2D eigenvalue weighted by molar-refractivity contribution is 7.99. The highest BCUT2D eigenvalue weighted by Gasteiger charge is 2.26. The van der Waals surface area contributed by atoms with Gasteiger partial charge in [0.1, 0.15) is 0 Å². The Hall–Kier alpha value is -0.230. The Morgan fingerprint density at radius 3 is 2.95 bits per heavy atom. The summed E-state index contributed by atoms with van der Waals surface area (Å²) < 4.78 is 7.78. The van der Waals surface area contributed by atoms with Gasteiger partial charge in [-0.2, -0.15) is 16.9 Å². The van der Waals surface area contributed by atoms with Crippen LogP contribution in [0.3, 0.4) is 0 Å². The minimum absolute atomic E-state index is 0.255. The smallest absolute Gasteiger partial charge is 0.0847 e. The van der Waals surface area contributed by atoms with Crippen LogP contribution in [0, 0.1) is 6.92 Å². The molecule has 108 valence electrons. The predicted octanol–water partition coefficient (Wildman–Crippen LogP) is 2.03. The number of ether oxygens (including phenoxy) is 1. The van der Waals surface area contributed by atoms with E-state index in [1.165, 1.54) is 0 Å². The van der Waals surface area contributed by atoms with E-state index in [4.69, 9.17) is 16.3 Å². The van der Waals surface area contributed by atoms with Crippen LogP contribution in [0.1, 0.15) is 18.3 Å². The fraction of sp³-hybridized carbons (Fsp3) is 0.769. The first-order valence-corrected chi connectivity index (χ1v) is 8.27. The van der Waals surface area contributed by atoms with Gasteiger partial charge in [-0.05, 0) is 13.5 Å². The average Bonchev–Trinajstić information content (AvgIpc) is 2.65. The molecule has 2 rings (SSSR count). The number of hydrogen-bond donors (Lipinski definition) is 1. The first kappa shape index (κ1) is 15.2. The Morgan fingerprint density at radius 2 is 2.42 bits per heavy atom. The molecule has 4 nitrogen and oxygen atoms in total. The van der Waals surface area contributed by atoms with E-state index in [-0.39, 0.29) is 6.10 Å². The second-order valence-electron chi connectivity index (χ2n) is 4.82. The second-order valence-corrected chi connectivity index (χ2v) is 6.35. The van der Waals surface area contributed by atoms with Crippen LogP contribution in [-0.2, 0) is 18.2 Å². The van der Waals surface area contributed by atoms with E-state index in [9.17, 15) is 0 Å². The van der Waals surface area contributed by atoms with Crippen LogP contribution in [0.15, 0.2) is 0 Å². The van der Waals surface area contributed by atoms with Gasteiger partial charge in [0, 0.05) is 31.0 Å². The summed E-state index contributed by atoms with van der Waals surface area (Å²) in [4.78, 5) is 0. The van der Waals surface area contributed by atoms with Crippen LogP contribution in [0.25, 0.3) is 0 Å². The predicted molar refractivity (Wildman–Crippen MR) is 81.2 cm³/mol. The highest BCUT2D eigenvalue weighted by atomic mass is 35.5. The lowest BCUT2D eigenvalue weighted by molar-refractivity contribution is 0.0471. The molecule has 0 radical (unpaired) electrons. The lowest BCUT2D eigenvalue weighted by Gasteiger charge is -2.30. The number of nitrogens with zero attached hydrogens (tertiary/aromatic N) is 2. The topological polar surface area (TPSA) is 39.1 Å². The molecule has 1 saturated heterocycles. The number of hydrogen-bond acceptors (Lipinski definition) is 4. The van der Waals surface area contributed by atoms with E-state index in [1.807, 2.05) is 30.4 Å². The SMILES string of the molecule is CCNC(Cc1c(Cl)c(C)nn1C)C1CSCCO1. The number of aryl methyl sites for hydroxylation is 2. The minimum Gasteiger partial charge on any atom is -0.375 e. The van der Waals surface area contributed by atoms with Gasteiger partial charge in [-0.25, -0.2) is 0 Å². The Kier molecular flexibility index (Phi) is 5.57. The summed E-state index contributed by atoms with van der Waals surface area (Å²) in [6, 6.07) is 0.296. The fourth-order valence-corrected chi connectivity index (χ4v) is 3.62. The third-order valence-electron chi connectivity index (χ3n) is 3.43. The van der Waals surface area contributed by atoms with Crippen molar-refractivity contribution in [3.05, 3.63) is 16.4 Å². The molecule has 1 fully saturated rings. The number of thioether (sulfide) groups is 1. The lowest BCUT2D eigenvalue weighted by atomic mass is 10.1. The van der Waals surface area contributed by atoms with Crippen LogP contribution in [0.4, 0.5) is 0 Å². The van der Waals surface area contributed by atoms with Crippen molar-refractivity contribution in [1.82, 2.24) is 15.1 Å². The molecule has 2 atom stereocenters. The van der Waals surface area contributed by atoms with Crippen LogP contribution < -0.4 is 5.32 Å². The van der Waals surface area contributed by atoms with E-state index < -0.39 is 0 Å². The number of rotatable bonds is 5. The van der Waals surface area contributed by atoms with Crippen molar-refractivity contribution < 1.29 is 4.74 Å². The largest absolute Gasteiger partial charge is 0.375 e. The van der Waals surface area contributed by atoms with Gasteiger partial charge in [-0.1, -0.05) is 18.5 Å². The standard InChI is InChI=1S/C13H22ClN3OS/c1-4-15-10(12-8-19-6-5-18-12)7-11-13(14)9(2)16-17(11)3/h10,12,15H,4-8H2,1-3H3. The van der Waals surface area contributed by atoms with Crippen molar-refractivity contribution in [3.63, 3.8) is 0 Å². The maximum atomic E-state index is 6.34. The molecule has 0 amide bonds. The molecule has 2 unspecified atom stereocenters. The third-order valence-corrected chi connectivity index (χ3v) is 4.94. The summed E-state index contributed by atoms with van der Waals surface area (Å²) in [5.74, 6) is 2.15. The molecule has 6 heteroatoms. The van der Waals surface area contributed by atoms with Crippen LogP contribution >= 0.6 is 23.4 Å². The maximum absolute atomic E-state index is 6.34. The molecule has 1 aromatic heterocycles.